The number of nitrogens with zero attached hydrogens (tertiary/aromatic N) is 2. The number of hydrogen-bond acceptors (Lipinski definition) is 5. The monoisotopic (exact) mass is 409 g/mol. The number of anilines is 1. The van der Waals surface area contributed by atoms with Crippen molar-refractivity contribution in [1.29, 1.82) is 0 Å². The molecule has 0 saturated carbocycles. The number of nitrogens with one attached hydrogen (secondary N) is 2. The van der Waals surface area contributed by atoms with Gasteiger partial charge >= 0.3 is 0 Å². The SMILES string of the molecule is CNC(=O)c1nc(-c2cccc(C(=O)NCc3c(C)cccc3Cl)c2)cnc1N. The normalized spacial score (nSPS) is 10.4. The summed E-state index contributed by atoms with van der Waals surface area (Å²) in [7, 11) is 1.49. The molecule has 1 heterocycles. The molecule has 2 aromatic carbocycles. The van der Waals surface area contributed by atoms with E-state index in [4.69, 9.17) is 17.3 Å². The highest BCUT2D eigenvalue weighted by Gasteiger charge is 2.14. The fourth-order valence-corrected chi connectivity index (χ4v) is 3.09. The van der Waals surface area contributed by atoms with Crippen LogP contribution in [0.2, 0.25) is 5.02 Å². The number of nitrogens with two attached hydrogens (primary N) is 1. The van der Waals surface area contributed by atoms with Crippen LogP contribution in [0.3, 0.4) is 0 Å². The van der Waals surface area contributed by atoms with E-state index in [1.807, 2.05) is 19.1 Å². The Balaban J connectivity index is 1.82. The van der Waals surface area contributed by atoms with Crippen LogP contribution in [-0.2, 0) is 6.54 Å². The van der Waals surface area contributed by atoms with Crippen molar-refractivity contribution in [3.8, 4) is 11.3 Å². The second-order valence-corrected chi connectivity index (χ2v) is 6.77. The number of benzene rings is 2. The van der Waals surface area contributed by atoms with Crippen LogP contribution in [0, 0.1) is 6.92 Å². The topological polar surface area (TPSA) is 110 Å². The summed E-state index contributed by atoms with van der Waals surface area (Å²) in [6.45, 7) is 2.26. The molecular formula is C21H20ClN5O2. The standard InChI is InChI=1S/C21H20ClN5O2/c1-12-5-3-8-16(22)15(12)10-26-20(28)14-7-4-6-13(9-14)17-11-25-19(23)18(27-17)21(29)24-2/h3-9,11H,10H2,1-2H3,(H2,23,25)(H,24,29)(H,26,28). The van der Waals surface area contributed by atoms with Gasteiger partial charge in [-0.3, -0.25) is 9.59 Å². The molecule has 8 heteroatoms. The fraction of sp³-hybridized carbons (Fsp3) is 0.143. The highest BCUT2D eigenvalue weighted by Crippen LogP contribution is 2.21. The number of nitrogen functional groups attached to an aromatic ring is 1. The number of carbonyl (C=O) groups excluding carboxylic acids is 2. The molecular weight excluding hydrogens is 390 g/mol. The largest absolute Gasteiger partial charge is 0.382 e. The minimum Gasteiger partial charge on any atom is -0.382 e. The Morgan fingerprint density at radius 2 is 1.90 bits per heavy atom. The van der Waals surface area contributed by atoms with E-state index >= 15 is 0 Å². The number of amides is 2. The van der Waals surface area contributed by atoms with Gasteiger partial charge in [-0.2, -0.15) is 0 Å². The number of aryl methyl sites for hydroxylation is 1. The summed E-state index contributed by atoms with van der Waals surface area (Å²) in [6, 6.07) is 12.5. The maximum atomic E-state index is 12.6. The summed E-state index contributed by atoms with van der Waals surface area (Å²) in [5.41, 5.74) is 9.18. The van der Waals surface area contributed by atoms with Crippen LogP contribution in [0.5, 0.6) is 0 Å². The fourth-order valence-electron chi connectivity index (χ4n) is 2.80. The summed E-state index contributed by atoms with van der Waals surface area (Å²) >= 11 is 6.22. The summed E-state index contributed by atoms with van der Waals surface area (Å²) in [4.78, 5) is 32.8. The molecule has 0 saturated heterocycles. The van der Waals surface area contributed by atoms with Gasteiger partial charge in [-0.25, -0.2) is 9.97 Å². The molecule has 0 unspecified atom stereocenters. The lowest BCUT2D eigenvalue weighted by Gasteiger charge is -2.11. The van der Waals surface area contributed by atoms with Gasteiger partial charge in [-0.1, -0.05) is 35.9 Å². The van der Waals surface area contributed by atoms with Gasteiger partial charge in [0.15, 0.2) is 11.5 Å². The maximum Gasteiger partial charge on any atom is 0.273 e. The zero-order valence-electron chi connectivity index (χ0n) is 16.0. The molecule has 0 spiro atoms. The third kappa shape index (κ3) is 4.52. The average Bonchev–Trinajstić information content (AvgIpc) is 2.73. The molecule has 3 rings (SSSR count). The molecule has 2 amide bonds. The zero-order chi connectivity index (χ0) is 21.0. The first-order valence-electron chi connectivity index (χ1n) is 8.88. The first-order valence-corrected chi connectivity index (χ1v) is 9.25. The van der Waals surface area contributed by atoms with E-state index in [2.05, 4.69) is 20.6 Å². The van der Waals surface area contributed by atoms with Gasteiger partial charge in [0.05, 0.1) is 11.9 Å². The predicted molar refractivity (Wildman–Crippen MR) is 113 cm³/mol. The number of hydrogen-bond donors (Lipinski definition) is 3. The van der Waals surface area contributed by atoms with Crippen molar-refractivity contribution in [2.45, 2.75) is 13.5 Å². The molecule has 0 aliphatic rings. The Hall–Kier alpha value is -3.45. The molecule has 148 valence electrons. The van der Waals surface area contributed by atoms with Crippen molar-refractivity contribution in [2.24, 2.45) is 0 Å². The lowest BCUT2D eigenvalue weighted by atomic mass is 10.1. The van der Waals surface area contributed by atoms with E-state index < -0.39 is 5.91 Å². The minimum atomic E-state index is -0.430. The number of rotatable bonds is 5. The second-order valence-electron chi connectivity index (χ2n) is 6.37. The molecule has 0 atom stereocenters. The third-order valence-electron chi connectivity index (χ3n) is 4.44. The maximum absolute atomic E-state index is 12.6. The Labute approximate surface area is 173 Å². The summed E-state index contributed by atoms with van der Waals surface area (Å²) in [5, 5.41) is 5.96. The summed E-state index contributed by atoms with van der Waals surface area (Å²) < 4.78 is 0. The van der Waals surface area contributed by atoms with Gasteiger partial charge in [0.2, 0.25) is 0 Å². The molecule has 4 N–H and O–H groups in total. The van der Waals surface area contributed by atoms with Crippen molar-refractivity contribution in [1.82, 2.24) is 20.6 Å². The molecule has 7 nitrogen and oxygen atoms in total. The molecule has 0 radical (unpaired) electrons. The molecule has 0 bridgehead atoms. The van der Waals surface area contributed by atoms with Gasteiger partial charge < -0.3 is 16.4 Å². The predicted octanol–water partition coefficient (Wildman–Crippen LogP) is 2.98. The van der Waals surface area contributed by atoms with Gasteiger partial charge in [0.1, 0.15) is 0 Å². The lowest BCUT2D eigenvalue weighted by molar-refractivity contribution is 0.0945. The van der Waals surface area contributed by atoms with Gasteiger partial charge in [-0.05, 0) is 36.2 Å². The van der Waals surface area contributed by atoms with E-state index in [0.29, 0.717) is 28.4 Å². The quantitative estimate of drug-likeness (QED) is 0.600. The smallest absolute Gasteiger partial charge is 0.273 e. The number of carbonyl (C=O) groups is 2. The van der Waals surface area contributed by atoms with E-state index in [1.54, 1.807) is 30.3 Å². The molecule has 3 aromatic rings. The van der Waals surface area contributed by atoms with Crippen LogP contribution in [0.15, 0.2) is 48.7 Å². The van der Waals surface area contributed by atoms with Gasteiger partial charge in [0, 0.05) is 29.7 Å². The van der Waals surface area contributed by atoms with Crippen LogP contribution in [-0.4, -0.2) is 28.8 Å². The van der Waals surface area contributed by atoms with E-state index in [0.717, 1.165) is 11.1 Å². The zero-order valence-corrected chi connectivity index (χ0v) is 16.7. The molecule has 0 aliphatic carbocycles. The molecule has 1 aromatic heterocycles. The molecule has 0 fully saturated rings. The first kappa shape index (κ1) is 20.3. The minimum absolute atomic E-state index is 0.0362. The molecule has 29 heavy (non-hydrogen) atoms. The Morgan fingerprint density at radius 3 is 2.62 bits per heavy atom. The highest BCUT2D eigenvalue weighted by molar-refractivity contribution is 6.31. The van der Waals surface area contributed by atoms with Crippen molar-refractivity contribution < 1.29 is 9.59 Å². The van der Waals surface area contributed by atoms with Crippen molar-refractivity contribution in [3.63, 3.8) is 0 Å². The summed E-state index contributed by atoms with van der Waals surface area (Å²) in [6.07, 6.45) is 1.46. The highest BCUT2D eigenvalue weighted by atomic mass is 35.5. The Morgan fingerprint density at radius 1 is 1.14 bits per heavy atom. The van der Waals surface area contributed by atoms with Crippen molar-refractivity contribution in [2.75, 3.05) is 12.8 Å². The van der Waals surface area contributed by atoms with E-state index in [9.17, 15) is 9.59 Å². The molecule has 0 aliphatic heterocycles. The number of aromatic nitrogens is 2. The van der Waals surface area contributed by atoms with Gasteiger partial charge in [0.25, 0.3) is 11.8 Å². The van der Waals surface area contributed by atoms with E-state index in [1.165, 1.54) is 13.2 Å². The Bertz CT molecular complexity index is 1060. The van der Waals surface area contributed by atoms with Crippen LogP contribution in [0.1, 0.15) is 32.0 Å². The lowest BCUT2D eigenvalue weighted by Crippen LogP contribution is -2.23. The van der Waals surface area contributed by atoms with Crippen LogP contribution < -0.4 is 16.4 Å². The van der Waals surface area contributed by atoms with E-state index in [-0.39, 0.29) is 17.4 Å². The van der Waals surface area contributed by atoms with Crippen LogP contribution >= 0.6 is 11.6 Å². The van der Waals surface area contributed by atoms with Crippen LogP contribution in [0.25, 0.3) is 11.3 Å². The van der Waals surface area contributed by atoms with Crippen LogP contribution in [0.4, 0.5) is 5.82 Å². The first-order chi connectivity index (χ1) is 13.9. The second kappa shape index (κ2) is 8.70. The van der Waals surface area contributed by atoms with Crippen molar-refractivity contribution in [3.05, 3.63) is 76.1 Å². The van der Waals surface area contributed by atoms with Crippen molar-refractivity contribution >= 4 is 29.2 Å². The Kier molecular flexibility index (Phi) is 6.09. The summed E-state index contributed by atoms with van der Waals surface area (Å²) in [5.74, 6) is -0.640. The van der Waals surface area contributed by atoms with Gasteiger partial charge in [-0.15, -0.1) is 0 Å². The number of halogens is 1. The third-order valence-corrected chi connectivity index (χ3v) is 4.80. The average molecular weight is 410 g/mol.